The molecular weight excluding hydrogens is 356 g/mol. The zero-order chi connectivity index (χ0) is 20.0. The molecule has 0 bridgehead atoms. The zero-order valence-electron chi connectivity index (χ0n) is 17.6. The maximum absolute atomic E-state index is 10.8. The number of ether oxygens (including phenoxy) is 1. The standard InChI is InChI=1S/C21H36N4O3/c1-4-22-19(23-15-20(3,26)18-8-7-17(2)28-18)24-16-21(9-13-27-14-10-21)25-11-5-6-12-25/h7-8,26H,4-6,9-16H2,1-3H3,(H2,22,23,24). The van der Waals surface area contributed by atoms with Crippen LogP contribution in [0.5, 0.6) is 0 Å². The van der Waals surface area contributed by atoms with Gasteiger partial charge in [-0.05, 0) is 71.7 Å². The lowest BCUT2D eigenvalue weighted by molar-refractivity contribution is -0.0164. The van der Waals surface area contributed by atoms with Gasteiger partial charge >= 0.3 is 0 Å². The summed E-state index contributed by atoms with van der Waals surface area (Å²) in [6.45, 7) is 11.5. The molecule has 0 aliphatic carbocycles. The van der Waals surface area contributed by atoms with Gasteiger partial charge in [-0.15, -0.1) is 0 Å². The molecule has 1 aromatic heterocycles. The van der Waals surface area contributed by atoms with E-state index in [2.05, 4.69) is 27.4 Å². The second-order valence-electron chi connectivity index (χ2n) is 8.26. The van der Waals surface area contributed by atoms with Gasteiger partial charge in [0.2, 0.25) is 0 Å². The van der Waals surface area contributed by atoms with Gasteiger partial charge in [0, 0.05) is 31.8 Å². The van der Waals surface area contributed by atoms with Crippen LogP contribution in [-0.4, -0.2) is 67.4 Å². The molecule has 2 fully saturated rings. The van der Waals surface area contributed by atoms with Crippen molar-refractivity contribution in [2.24, 2.45) is 4.99 Å². The van der Waals surface area contributed by atoms with Crippen molar-refractivity contribution in [3.05, 3.63) is 23.7 Å². The molecule has 2 aliphatic heterocycles. The van der Waals surface area contributed by atoms with Gasteiger partial charge in [-0.3, -0.25) is 4.90 Å². The lowest BCUT2D eigenvalue weighted by atomic mass is 9.88. The Hall–Kier alpha value is -1.57. The fraction of sp³-hybridized carbons (Fsp3) is 0.762. The Bertz CT molecular complexity index is 644. The molecular formula is C21H36N4O3. The van der Waals surface area contributed by atoms with Gasteiger partial charge in [0.25, 0.3) is 0 Å². The maximum Gasteiger partial charge on any atom is 0.191 e. The minimum absolute atomic E-state index is 0.131. The minimum atomic E-state index is -1.14. The number of nitrogens with zero attached hydrogens (tertiary/aromatic N) is 2. The molecule has 0 saturated carbocycles. The number of hydrogen-bond donors (Lipinski definition) is 3. The summed E-state index contributed by atoms with van der Waals surface area (Å²) in [4.78, 5) is 7.28. The van der Waals surface area contributed by atoms with Crippen LogP contribution >= 0.6 is 0 Å². The molecule has 158 valence electrons. The van der Waals surface area contributed by atoms with Crippen LogP contribution in [0.2, 0.25) is 0 Å². The second-order valence-corrected chi connectivity index (χ2v) is 8.26. The third kappa shape index (κ3) is 5.07. The zero-order valence-corrected chi connectivity index (χ0v) is 17.6. The van der Waals surface area contributed by atoms with Crippen LogP contribution in [0.25, 0.3) is 0 Å². The van der Waals surface area contributed by atoms with E-state index in [1.807, 2.05) is 19.1 Å². The summed E-state index contributed by atoms with van der Waals surface area (Å²) < 4.78 is 11.2. The summed E-state index contributed by atoms with van der Waals surface area (Å²) in [5, 5.41) is 17.6. The topological polar surface area (TPSA) is 82.3 Å². The highest BCUT2D eigenvalue weighted by atomic mass is 16.5. The van der Waals surface area contributed by atoms with Crippen molar-refractivity contribution in [2.75, 3.05) is 45.9 Å². The molecule has 0 aromatic carbocycles. The van der Waals surface area contributed by atoms with E-state index in [-0.39, 0.29) is 12.1 Å². The summed E-state index contributed by atoms with van der Waals surface area (Å²) in [6.07, 6.45) is 4.65. The largest absolute Gasteiger partial charge is 0.463 e. The Morgan fingerprint density at radius 2 is 1.96 bits per heavy atom. The van der Waals surface area contributed by atoms with Crippen molar-refractivity contribution < 1.29 is 14.3 Å². The van der Waals surface area contributed by atoms with Crippen molar-refractivity contribution in [1.82, 2.24) is 15.5 Å². The third-order valence-electron chi connectivity index (χ3n) is 5.95. The molecule has 7 nitrogen and oxygen atoms in total. The van der Waals surface area contributed by atoms with Crippen LogP contribution in [0, 0.1) is 6.92 Å². The van der Waals surface area contributed by atoms with Crippen LogP contribution in [-0.2, 0) is 10.3 Å². The second kappa shape index (κ2) is 9.29. The highest BCUT2D eigenvalue weighted by molar-refractivity contribution is 5.79. The van der Waals surface area contributed by atoms with Gasteiger partial charge in [-0.25, -0.2) is 4.99 Å². The number of likely N-dealkylation sites (tertiary alicyclic amines) is 1. The Kier molecular flexibility index (Phi) is 7.01. The molecule has 2 aliphatic rings. The normalized spacial score (nSPS) is 22.8. The summed E-state index contributed by atoms with van der Waals surface area (Å²) in [5.41, 5.74) is -1.01. The molecule has 0 radical (unpaired) electrons. The smallest absolute Gasteiger partial charge is 0.191 e. The first-order chi connectivity index (χ1) is 13.5. The molecule has 3 rings (SSSR count). The molecule has 7 heteroatoms. The first kappa shape index (κ1) is 21.1. The van der Waals surface area contributed by atoms with Crippen molar-refractivity contribution in [1.29, 1.82) is 0 Å². The molecule has 0 spiro atoms. The maximum atomic E-state index is 10.8. The summed E-state index contributed by atoms with van der Waals surface area (Å²) in [5.74, 6) is 2.06. The quantitative estimate of drug-likeness (QED) is 0.486. The molecule has 2 saturated heterocycles. The SMILES string of the molecule is CCNC(=NCC(C)(O)c1ccc(C)o1)NCC1(N2CCCC2)CCOCC1. The number of nitrogens with one attached hydrogen (secondary N) is 2. The lowest BCUT2D eigenvalue weighted by Crippen LogP contribution is -2.58. The van der Waals surface area contributed by atoms with Crippen LogP contribution in [0.1, 0.15) is 51.1 Å². The number of guanidine groups is 1. The van der Waals surface area contributed by atoms with Crippen LogP contribution in [0.15, 0.2) is 21.5 Å². The van der Waals surface area contributed by atoms with Gasteiger partial charge in [0.05, 0.1) is 6.54 Å². The molecule has 28 heavy (non-hydrogen) atoms. The molecule has 1 aromatic rings. The van der Waals surface area contributed by atoms with E-state index < -0.39 is 5.60 Å². The monoisotopic (exact) mass is 392 g/mol. The van der Waals surface area contributed by atoms with Crippen LogP contribution < -0.4 is 10.6 Å². The van der Waals surface area contributed by atoms with E-state index in [1.165, 1.54) is 25.9 Å². The van der Waals surface area contributed by atoms with E-state index >= 15 is 0 Å². The minimum Gasteiger partial charge on any atom is -0.463 e. The van der Waals surface area contributed by atoms with Gasteiger partial charge in [-0.1, -0.05) is 0 Å². The molecule has 0 amide bonds. The van der Waals surface area contributed by atoms with E-state index in [1.54, 1.807) is 6.92 Å². The summed E-state index contributed by atoms with van der Waals surface area (Å²) >= 11 is 0. The van der Waals surface area contributed by atoms with Crippen LogP contribution in [0.4, 0.5) is 0 Å². The van der Waals surface area contributed by atoms with Crippen molar-refractivity contribution >= 4 is 5.96 Å². The Labute approximate surface area is 168 Å². The first-order valence-electron chi connectivity index (χ1n) is 10.6. The molecule has 3 N–H and O–H groups in total. The number of hydrogen-bond acceptors (Lipinski definition) is 5. The molecule has 1 unspecified atom stereocenters. The van der Waals surface area contributed by atoms with Gasteiger partial charge in [0.1, 0.15) is 17.1 Å². The van der Waals surface area contributed by atoms with Crippen molar-refractivity contribution in [3.63, 3.8) is 0 Å². The van der Waals surface area contributed by atoms with Crippen molar-refractivity contribution in [3.8, 4) is 0 Å². The first-order valence-corrected chi connectivity index (χ1v) is 10.6. The van der Waals surface area contributed by atoms with Gasteiger partial charge < -0.3 is 24.9 Å². The Morgan fingerprint density at radius 3 is 2.57 bits per heavy atom. The molecule has 1 atom stereocenters. The van der Waals surface area contributed by atoms with Crippen LogP contribution in [0.3, 0.4) is 0 Å². The number of furan rings is 1. The predicted molar refractivity (Wildman–Crippen MR) is 111 cm³/mol. The fourth-order valence-corrected chi connectivity index (χ4v) is 4.17. The lowest BCUT2D eigenvalue weighted by Gasteiger charge is -2.45. The number of rotatable bonds is 7. The highest BCUT2D eigenvalue weighted by Gasteiger charge is 2.39. The Balaban J connectivity index is 1.66. The van der Waals surface area contributed by atoms with Gasteiger partial charge in [-0.2, -0.15) is 0 Å². The average Bonchev–Trinajstić information content (AvgIpc) is 3.37. The fourth-order valence-electron chi connectivity index (χ4n) is 4.17. The Morgan fingerprint density at radius 1 is 1.25 bits per heavy atom. The number of aliphatic hydroxyl groups is 1. The summed E-state index contributed by atoms with van der Waals surface area (Å²) in [6, 6.07) is 3.68. The van der Waals surface area contributed by atoms with Crippen molar-refractivity contribution in [2.45, 2.75) is 57.6 Å². The number of aliphatic imine (C=N–C) groups is 1. The van der Waals surface area contributed by atoms with E-state index in [9.17, 15) is 5.11 Å². The van der Waals surface area contributed by atoms with Gasteiger partial charge in [0.15, 0.2) is 5.96 Å². The van der Waals surface area contributed by atoms with E-state index in [4.69, 9.17) is 9.15 Å². The average molecular weight is 393 g/mol. The number of aryl methyl sites for hydroxylation is 1. The molecule has 3 heterocycles. The van der Waals surface area contributed by atoms with E-state index in [0.717, 1.165) is 50.9 Å². The summed E-state index contributed by atoms with van der Waals surface area (Å²) in [7, 11) is 0. The third-order valence-corrected chi connectivity index (χ3v) is 5.95. The highest BCUT2D eigenvalue weighted by Crippen LogP contribution is 2.30. The predicted octanol–water partition coefficient (Wildman–Crippen LogP) is 2.00. The van der Waals surface area contributed by atoms with E-state index in [0.29, 0.717) is 5.76 Å².